The van der Waals surface area contributed by atoms with Crippen LogP contribution in [0.25, 0.3) is 0 Å². The van der Waals surface area contributed by atoms with E-state index in [1.807, 2.05) is 0 Å². The molecule has 1 aliphatic rings. The standard InChI is InChI=1S/C16H18Cl2FNO4/c1-3-23-11(21)6-5-8-12-10(7-9(17)14(19)13(12)18)20-15(8)16(22)24-4-2/h7-8,15,20H,3-6H2,1-2H3. The molecule has 2 rings (SSSR count). The summed E-state index contributed by atoms with van der Waals surface area (Å²) < 4.78 is 24.0. The third kappa shape index (κ3) is 3.75. The molecule has 1 heterocycles. The molecule has 8 heteroatoms. The maximum atomic E-state index is 14.1. The molecule has 132 valence electrons. The highest BCUT2D eigenvalue weighted by Crippen LogP contribution is 2.46. The minimum Gasteiger partial charge on any atom is -0.466 e. The van der Waals surface area contributed by atoms with Crippen LogP contribution in [0, 0.1) is 5.82 Å². The molecular formula is C16H18Cl2FNO4. The van der Waals surface area contributed by atoms with Crippen molar-refractivity contribution in [3.63, 3.8) is 0 Å². The number of hydrogen-bond acceptors (Lipinski definition) is 5. The largest absolute Gasteiger partial charge is 0.466 e. The lowest BCUT2D eigenvalue weighted by Gasteiger charge is -2.19. The topological polar surface area (TPSA) is 64.6 Å². The minimum absolute atomic E-state index is 0.0795. The lowest BCUT2D eigenvalue weighted by Crippen LogP contribution is -2.32. The van der Waals surface area contributed by atoms with Crippen molar-refractivity contribution in [3.05, 3.63) is 27.5 Å². The third-order valence-corrected chi connectivity index (χ3v) is 4.43. The number of nitrogens with one attached hydrogen (secondary N) is 1. The Bertz CT molecular complexity index is 653. The van der Waals surface area contributed by atoms with Crippen LogP contribution in [-0.2, 0) is 19.1 Å². The maximum absolute atomic E-state index is 14.1. The Morgan fingerprint density at radius 2 is 1.92 bits per heavy atom. The van der Waals surface area contributed by atoms with Gasteiger partial charge in [0.05, 0.1) is 23.3 Å². The van der Waals surface area contributed by atoms with Gasteiger partial charge in [0.1, 0.15) is 6.04 Å². The van der Waals surface area contributed by atoms with E-state index in [2.05, 4.69) is 5.32 Å². The normalized spacial score (nSPS) is 18.7. The van der Waals surface area contributed by atoms with Gasteiger partial charge in [-0.1, -0.05) is 23.2 Å². The van der Waals surface area contributed by atoms with Crippen molar-refractivity contribution in [2.24, 2.45) is 0 Å². The molecule has 0 fully saturated rings. The Kier molecular flexibility index (Phi) is 6.29. The van der Waals surface area contributed by atoms with Crippen LogP contribution in [0.1, 0.15) is 38.2 Å². The van der Waals surface area contributed by atoms with Gasteiger partial charge in [0, 0.05) is 23.6 Å². The summed E-state index contributed by atoms with van der Waals surface area (Å²) in [7, 11) is 0. The second kappa shape index (κ2) is 8.03. The summed E-state index contributed by atoms with van der Waals surface area (Å²) in [5.74, 6) is -2.14. The molecule has 24 heavy (non-hydrogen) atoms. The summed E-state index contributed by atoms with van der Waals surface area (Å²) >= 11 is 11.9. The Labute approximate surface area is 149 Å². The molecule has 0 aromatic heterocycles. The zero-order valence-corrected chi connectivity index (χ0v) is 14.8. The molecular weight excluding hydrogens is 360 g/mol. The summed E-state index contributed by atoms with van der Waals surface area (Å²) in [6.45, 7) is 3.88. The van der Waals surface area contributed by atoms with E-state index in [1.54, 1.807) is 13.8 Å². The lowest BCUT2D eigenvalue weighted by molar-refractivity contribution is -0.146. The molecule has 0 amide bonds. The van der Waals surface area contributed by atoms with Crippen molar-refractivity contribution < 1.29 is 23.5 Å². The Hall–Kier alpha value is -1.53. The molecule has 0 aliphatic carbocycles. The molecule has 1 N–H and O–H groups in total. The molecule has 0 saturated carbocycles. The zero-order valence-electron chi connectivity index (χ0n) is 13.3. The molecule has 5 nitrogen and oxygen atoms in total. The molecule has 2 unspecified atom stereocenters. The summed E-state index contributed by atoms with van der Waals surface area (Å²) in [5, 5.41) is 2.69. The molecule has 1 aliphatic heterocycles. The van der Waals surface area contributed by atoms with Crippen molar-refractivity contribution in [3.8, 4) is 0 Å². The van der Waals surface area contributed by atoms with Crippen LogP contribution in [-0.4, -0.2) is 31.2 Å². The number of fused-ring (bicyclic) bond motifs is 1. The Balaban J connectivity index is 2.32. The van der Waals surface area contributed by atoms with E-state index >= 15 is 0 Å². The van der Waals surface area contributed by atoms with Crippen LogP contribution < -0.4 is 5.32 Å². The number of halogens is 3. The van der Waals surface area contributed by atoms with E-state index in [1.165, 1.54) is 6.07 Å². The van der Waals surface area contributed by atoms with E-state index in [4.69, 9.17) is 32.7 Å². The quantitative estimate of drug-likeness (QED) is 0.601. The average Bonchev–Trinajstić information content (AvgIpc) is 2.90. The summed E-state index contributed by atoms with van der Waals surface area (Å²) in [4.78, 5) is 23.8. The van der Waals surface area contributed by atoms with Crippen LogP contribution in [0.5, 0.6) is 0 Å². The van der Waals surface area contributed by atoms with Crippen LogP contribution in [0.3, 0.4) is 0 Å². The zero-order chi connectivity index (χ0) is 17.9. The first-order valence-electron chi connectivity index (χ1n) is 7.66. The van der Waals surface area contributed by atoms with Gasteiger partial charge in [-0.3, -0.25) is 4.79 Å². The van der Waals surface area contributed by atoms with Crippen molar-refractivity contribution >= 4 is 40.8 Å². The van der Waals surface area contributed by atoms with Gasteiger partial charge in [-0.25, -0.2) is 9.18 Å². The fourth-order valence-electron chi connectivity index (χ4n) is 2.80. The summed E-state index contributed by atoms with van der Waals surface area (Å²) in [5.41, 5.74) is 0.902. The highest BCUT2D eigenvalue weighted by molar-refractivity contribution is 6.36. The van der Waals surface area contributed by atoms with Crippen LogP contribution >= 0.6 is 23.2 Å². The van der Waals surface area contributed by atoms with Crippen LogP contribution in [0.2, 0.25) is 10.0 Å². The molecule has 0 saturated heterocycles. The SMILES string of the molecule is CCOC(=O)CCC1c2c(cc(Cl)c(F)c2Cl)NC1C(=O)OCC. The van der Waals surface area contributed by atoms with E-state index in [-0.39, 0.29) is 42.1 Å². The smallest absolute Gasteiger partial charge is 0.329 e. The lowest BCUT2D eigenvalue weighted by atomic mass is 9.90. The van der Waals surface area contributed by atoms with Gasteiger partial charge in [0.2, 0.25) is 0 Å². The van der Waals surface area contributed by atoms with Crippen molar-refractivity contribution in [1.29, 1.82) is 0 Å². The van der Waals surface area contributed by atoms with Gasteiger partial charge >= 0.3 is 11.9 Å². The van der Waals surface area contributed by atoms with E-state index in [0.717, 1.165) is 0 Å². The van der Waals surface area contributed by atoms with E-state index < -0.39 is 23.7 Å². The molecule has 0 spiro atoms. The number of carbonyl (C=O) groups is 2. The third-order valence-electron chi connectivity index (χ3n) is 3.79. The fraction of sp³-hybridized carbons (Fsp3) is 0.500. The number of ether oxygens (including phenoxy) is 2. The number of anilines is 1. The molecule has 0 bridgehead atoms. The second-order valence-corrected chi connectivity index (χ2v) is 6.06. The first kappa shape index (κ1) is 18.8. The van der Waals surface area contributed by atoms with Gasteiger partial charge in [0.25, 0.3) is 0 Å². The number of benzene rings is 1. The van der Waals surface area contributed by atoms with Crippen molar-refractivity contribution in [2.75, 3.05) is 18.5 Å². The van der Waals surface area contributed by atoms with Gasteiger partial charge < -0.3 is 14.8 Å². The van der Waals surface area contributed by atoms with E-state index in [9.17, 15) is 14.0 Å². The first-order valence-corrected chi connectivity index (χ1v) is 8.42. The second-order valence-electron chi connectivity index (χ2n) is 5.27. The van der Waals surface area contributed by atoms with Gasteiger partial charge in [-0.2, -0.15) is 0 Å². The minimum atomic E-state index is -0.759. The van der Waals surface area contributed by atoms with Gasteiger partial charge in [-0.05, 0) is 26.3 Å². The number of carbonyl (C=O) groups excluding carboxylic acids is 2. The summed E-state index contributed by atoms with van der Waals surface area (Å²) in [6, 6.07) is 0.624. The highest BCUT2D eigenvalue weighted by Gasteiger charge is 2.40. The number of rotatable bonds is 6. The molecule has 1 aromatic carbocycles. The number of hydrogen-bond donors (Lipinski definition) is 1. The number of esters is 2. The first-order chi connectivity index (χ1) is 11.4. The van der Waals surface area contributed by atoms with Crippen LogP contribution in [0.4, 0.5) is 10.1 Å². The monoisotopic (exact) mass is 377 g/mol. The Morgan fingerprint density at radius 3 is 2.54 bits per heavy atom. The summed E-state index contributed by atoms with van der Waals surface area (Å²) in [6.07, 6.45) is 0.346. The maximum Gasteiger partial charge on any atom is 0.329 e. The van der Waals surface area contributed by atoms with Gasteiger partial charge in [0.15, 0.2) is 5.82 Å². The molecule has 1 aromatic rings. The highest BCUT2D eigenvalue weighted by atomic mass is 35.5. The van der Waals surface area contributed by atoms with Crippen molar-refractivity contribution in [2.45, 2.75) is 38.6 Å². The van der Waals surface area contributed by atoms with Crippen LogP contribution in [0.15, 0.2) is 6.07 Å². The predicted octanol–water partition coefficient (Wildman–Crippen LogP) is 3.92. The van der Waals surface area contributed by atoms with E-state index in [0.29, 0.717) is 11.3 Å². The average molecular weight is 378 g/mol. The molecule has 2 atom stereocenters. The Morgan fingerprint density at radius 1 is 1.25 bits per heavy atom. The molecule has 0 radical (unpaired) electrons. The fourth-order valence-corrected chi connectivity index (χ4v) is 3.39. The van der Waals surface area contributed by atoms with Crippen molar-refractivity contribution in [1.82, 2.24) is 0 Å². The van der Waals surface area contributed by atoms with Gasteiger partial charge in [-0.15, -0.1) is 0 Å². The predicted molar refractivity (Wildman–Crippen MR) is 89.1 cm³/mol.